The zero-order valence-corrected chi connectivity index (χ0v) is 35.9. The molecule has 6 rings (SSSR count). The minimum Gasteiger partial charge on any atom is -0.448 e. The van der Waals surface area contributed by atoms with Crippen molar-refractivity contribution in [3.05, 3.63) is 167 Å². The van der Waals surface area contributed by atoms with E-state index < -0.39 is 5.60 Å². The molecule has 5 aromatic rings. The quantitative estimate of drug-likeness (QED) is 0.0334. The van der Waals surface area contributed by atoms with E-state index in [0.29, 0.717) is 112 Å². The lowest BCUT2D eigenvalue weighted by atomic mass is 9.80. The fraction of sp³-hybridized carbons (Fsp3) is 0.392. The van der Waals surface area contributed by atoms with Crippen LogP contribution in [0.2, 0.25) is 0 Å². The van der Waals surface area contributed by atoms with Crippen LogP contribution in [0.5, 0.6) is 0 Å². The lowest BCUT2D eigenvalue weighted by Crippen LogP contribution is -2.34. The fourth-order valence-corrected chi connectivity index (χ4v) is 7.44. The van der Waals surface area contributed by atoms with Gasteiger partial charge in [0.1, 0.15) is 12.2 Å². The number of hydrogen-bond donors (Lipinski definition) is 0. The van der Waals surface area contributed by atoms with E-state index in [9.17, 15) is 4.79 Å². The van der Waals surface area contributed by atoms with E-state index in [1.165, 1.54) is 27.2 Å². The smallest absolute Gasteiger partial charge is 0.409 e. The van der Waals surface area contributed by atoms with Crippen molar-refractivity contribution in [1.29, 1.82) is 0 Å². The molecule has 0 fully saturated rings. The molecule has 0 spiro atoms. The molecule has 5 aromatic carbocycles. The number of likely N-dealkylation sites (N-methyl/N-ethyl adjacent to an activating group) is 1. The number of hydrogen-bond acceptors (Lipinski definition) is 10. The first kappa shape index (κ1) is 46.6. The Balaban J connectivity index is 0.696. The Labute approximate surface area is 366 Å². The molecule has 0 heterocycles. The van der Waals surface area contributed by atoms with Gasteiger partial charge in [-0.3, -0.25) is 0 Å². The molecule has 0 bridgehead atoms. The van der Waals surface area contributed by atoms with E-state index in [1.807, 2.05) is 78.9 Å². The Morgan fingerprint density at radius 3 is 1.15 bits per heavy atom. The van der Waals surface area contributed by atoms with E-state index in [1.54, 1.807) is 7.05 Å². The van der Waals surface area contributed by atoms with Crippen molar-refractivity contribution >= 4 is 6.09 Å². The molecule has 330 valence electrons. The minimum atomic E-state index is -0.759. The Morgan fingerprint density at radius 1 is 0.435 bits per heavy atom. The number of rotatable bonds is 30. The molecule has 1 amide bonds. The van der Waals surface area contributed by atoms with Gasteiger partial charge in [-0.25, -0.2) is 4.79 Å². The van der Waals surface area contributed by atoms with Crippen LogP contribution in [0.4, 0.5) is 4.79 Å². The van der Waals surface area contributed by atoms with E-state index >= 15 is 0 Å². The Hall–Kier alpha value is -4.95. The van der Waals surface area contributed by atoms with Gasteiger partial charge in [-0.05, 0) is 38.9 Å². The molecule has 11 heteroatoms. The monoisotopic (exact) mass is 847 g/mol. The largest absolute Gasteiger partial charge is 0.448 e. The van der Waals surface area contributed by atoms with E-state index in [2.05, 4.69) is 60.7 Å². The van der Waals surface area contributed by atoms with Crippen molar-refractivity contribution in [3.8, 4) is 11.1 Å². The molecule has 0 aromatic heterocycles. The summed E-state index contributed by atoms with van der Waals surface area (Å²) in [5.41, 5.74) is 7.23. The topological polar surface area (TPSA) is 103 Å². The van der Waals surface area contributed by atoms with E-state index in [-0.39, 0.29) is 12.0 Å². The maximum Gasteiger partial charge on any atom is 0.409 e. The van der Waals surface area contributed by atoms with Gasteiger partial charge in [0.15, 0.2) is 0 Å². The third-order valence-corrected chi connectivity index (χ3v) is 10.5. The number of nitrogens with zero attached hydrogens (tertiary/aromatic N) is 1. The highest BCUT2D eigenvalue weighted by atomic mass is 16.6. The molecule has 0 radical (unpaired) electrons. The van der Waals surface area contributed by atoms with Gasteiger partial charge in [-0.15, -0.1) is 0 Å². The second kappa shape index (κ2) is 26.5. The van der Waals surface area contributed by atoms with Crippen LogP contribution in [0.3, 0.4) is 0 Å². The molecule has 62 heavy (non-hydrogen) atoms. The van der Waals surface area contributed by atoms with Gasteiger partial charge in [0.05, 0.1) is 99.1 Å². The SMILES string of the molecule is CN(CCOCCOCCOCCOCCOCCOCCOCCOC(c1ccccc1)(c1ccccc1)c1ccccc1)C(=O)OCC1c2ccccc2-c2ccccc21. The molecule has 1 aliphatic carbocycles. The summed E-state index contributed by atoms with van der Waals surface area (Å²) in [6.07, 6.45) is -0.364. The van der Waals surface area contributed by atoms with Crippen molar-refractivity contribution < 1.29 is 47.4 Å². The lowest BCUT2D eigenvalue weighted by molar-refractivity contribution is -0.0397. The predicted molar refractivity (Wildman–Crippen MR) is 239 cm³/mol. The first-order chi connectivity index (χ1) is 30.7. The standard InChI is InChI=1S/C51H61NO10/c1-52(50(53)61-41-49-47-23-13-11-21-45(47)46-22-12-14-24-48(46)49)25-26-54-27-28-55-29-30-56-31-32-57-33-34-58-35-36-59-37-38-60-39-40-62-51(42-15-5-2-6-16-42,43-17-7-3-8-18-43)44-19-9-4-10-20-44/h2-24,49H,25-41H2,1H3. The second-order valence-electron chi connectivity index (χ2n) is 14.6. The Kier molecular flexibility index (Phi) is 19.9. The van der Waals surface area contributed by atoms with Gasteiger partial charge in [0, 0.05) is 19.5 Å². The van der Waals surface area contributed by atoms with Gasteiger partial charge < -0.3 is 47.5 Å². The molecular weight excluding hydrogens is 787 g/mol. The number of benzene rings is 5. The summed E-state index contributed by atoms with van der Waals surface area (Å²) >= 11 is 0. The van der Waals surface area contributed by atoms with Crippen molar-refractivity contribution in [1.82, 2.24) is 4.90 Å². The van der Waals surface area contributed by atoms with E-state index in [4.69, 9.17) is 42.6 Å². The summed E-state index contributed by atoms with van der Waals surface area (Å²) in [4.78, 5) is 14.2. The van der Waals surface area contributed by atoms with Gasteiger partial charge in [0.25, 0.3) is 0 Å². The number of carbonyl (C=O) groups is 1. The predicted octanol–water partition coefficient (Wildman–Crippen LogP) is 7.99. The maximum atomic E-state index is 12.7. The van der Waals surface area contributed by atoms with Gasteiger partial charge >= 0.3 is 6.09 Å². The van der Waals surface area contributed by atoms with Gasteiger partial charge in [-0.1, -0.05) is 140 Å². The summed E-state index contributed by atoms with van der Waals surface area (Å²) in [6, 6.07) is 47.6. The van der Waals surface area contributed by atoms with E-state index in [0.717, 1.165) is 16.7 Å². The summed E-state index contributed by atoms with van der Waals surface area (Å²) in [5.74, 6) is 0.0355. The zero-order chi connectivity index (χ0) is 42.9. The number of amides is 1. The number of fused-ring (bicyclic) bond motifs is 3. The van der Waals surface area contributed by atoms with Crippen LogP contribution in [0.1, 0.15) is 33.7 Å². The molecule has 0 unspecified atom stereocenters. The van der Waals surface area contributed by atoms with Gasteiger partial charge in [0.2, 0.25) is 0 Å². The highest BCUT2D eigenvalue weighted by Gasteiger charge is 2.37. The summed E-state index contributed by atoms with van der Waals surface area (Å²) < 4.78 is 52.0. The second-order valence-corrected chi connectivity index (χ2v) is 14.6. The summed E-state index contributed by atoms with van der Waals surface area (Å²) in [7, 11) is 1.72. The molecule has 0 saturated carbocycles. The molecule has 0 atom stereocenters. The summed E-state index contributed by atoms with van der Waals surface area (Å²) in [6.45, 7) is 7.56. The van der Waals surface area contributed by atoms with Crippen molar-refractivity contribution in [2.75, 3.05) is 119 Å². The fourth-order valence-electron chi connectivity index (χ4n) is 7.44. The van der Waals surface area contributed by atoms with Crippen molar-refractivity contribution in [2.24, 2.45) is 0 Å². The number of carbonyl (C=O) groups excluding carboxylic acids is 1. The van der Waals surface area contributed by atoms with Crippen LogP contribution in [0, 0.1) is 0 Å². The van der Waals surface area contributed by atoms with Crippen LogP contribution < -0.4 is 0 Å². The van der Waals surface area contributed by atoms with Crippen LogP contribution in [0.15, 0.2) is 140 Å². The van der Waals surface area contributed by atoms with Crippen molar-refractivity contribution in [2.45, 2.75) is 11.5 Å². The number of ether oxygens (including phenoxy) is 9. The average molecular weight is 848 g/mol. The Morgan fingerprint density at radius 2 is 0.758 bits per heavy atom. The molecule has 1 aliphatic rings. The molecule has 11 nitrogen and oxygen atoms in total. The highest BCUT2D eigenvalue weighted by Crippen LogP contribution is 2.44. The first-order valence-corrected chi connectivity index (χ1v) is 21.6. The van der Waals surface area contributed by atoms with Crippen LogP contribution in [0.25, 0.3) is 11.1 Å². The first-order valence-electron chi connectivity index (χ1n) is 21.6. The third kappa shape index (κ3) is 13.8. The molecular formula is C51H61NO10. The molecule has 0 saturated heterocycles. The van der Waals surface area contributed by atoms with Crippen LogP contribution >= 0.6 is 0 Å². The molecule has 0 aliphatic heterocycles. The lowest BCUT2D eigenvalue weighted by Gasteiger charge is -2.36. The maximum absolute atomic E-state index is 12.7. The average Bonchev–Trinajstić information content (AvgIpc) is 3.65. The minimum absolute atomic E-state index is 0.0355. The molecule has 0 N–H and O–H groups in total. The Bertz CT molecular complexity index is 1840. The van der Waals surface area contributed by atoms with Gasteiger partial charge in [-0.2, -0.15) is 0 Å². The zero-order valence-electron chi connectivity index (χ0n) is 35.9. The van der Waals surface area contributed by atoms with Crippen molar-refractivity contribution in [3.63, 3.8) is 0 Å². The summed E-state index contributed by atoms with van der Waals surface area (Å²) in [5, 5.41) is 0. The highest BCUT2D eigenvalue weighted by molar-refractivity contribution is 5.79. The van der Waals surface area contributed by atoms with Crippen LogP contribution in [-0.4, -0.2) is 130 Å². The third-order valence-electron chi connectivity index (χ3n) is 10.5. The van der Waals surface area contributed by atoms with Crippen LogP contribution in [-0.2, 0) is 48.2 Å². The normalized spacial score (nSPS) is 12.3.